The van der Waals surface area contributed by atoms with Crippen LogP contribution in [-0.4, -0.2) is 207 Å². The second-order valence-electron chi connectivity index (χ2n) is 26.9. The van der Waals surface area contributed by atoms with Crippen LogP contribution in [0.25, 0.3) is 10.8 Å². The Morgan fingerprint density at radius 3 is 1.17 bits per heavy atom. The number of unbranched alkanes of at least 4 members (excludes halogenated alkanes) is 2. The smallest absolute Gasteiger partial charge is 0.243 e. The molecule has 2 aliphatic rings. The van der Waals surface area contributed by atoms with Crippen LogP contribution < -0.4 is 97.4 Å². The molecule has 0 aromatic heterocycles. The summed E-state index contributed by atoms with van der Waals surface area (Å²) in [5.41, 5.74) is 24.1. The second-order valence-corrected chi connectivity index (χ2v) is 26.9. The lowest BCUT2D eigenvalue weighted by molar-refractivity contribution is -0.138. The van der Waals surface area contributed by atoms with Crippen molar-refractivity contribution < 1.29 is 58.8 Å². The molecule has 26 N–H and O–H groups in total. The normalized spacial score (nSPS) is 21.4. The van der Waals surface area contributed by atoms with E-state index in [0.717, 1.165) is 10.8 Å². The van der Waals surface area contributed by atoms with Gasteiger partial charge in [-0.25, -0.2) is 0 Å². The van der Waals surface area contributed by atoms with E-state index < -0.39 is 139 Å². The van der Waals surface area contributed by atoms with E-state index in [1.54, 1.807) is 78.6 Å². The van der Waals surface area contributed by atoms with E-state index in [4.69, 9.17) is 50.7 Å². The van der Waals surface area contributed by atoms with Crippen molar-refractivity contribution in [2.24, 2.45) is 22.9 Å². The number of benzene rings is 4. The quantitative estimate of drug-likeness (QED) is 0.0137. The predicted octanol–water partition coefficient (Wildman–Crippen LogP) is -1.98. The van der Waals surface area contributed by atoms with Crippen LogP contribution in [0.1, 0.15) is 121 Å². The van der Waals surface area contributed by atoms with Crippen LogP contribution in [0.15, 0.2) is 103 Å². The molecule has 0 bridgehead atoms. The molecule has 0 aliphatic carbocycles. The summed E-state index contributed by atoms with van der Waals surface area (Å²) in [4.78, 5) is 162. The number of hydrogen-bond donors (Lipinski definition) is 22. The molecular weight excluding hydrogens is 1400 g/mol. The summed E-state index contributed by atoms with van der Waals surface area (Å²) >= 11 is 0. The average Bonchev–Trinajstić information content (AvgIpc) is 0.826. The van der Waals surface area contributed by atoms with Crippen LogP contribution in [0.5, 0.6) is 0 Å². The second kappa shape index (κ2) is 46.4. The maximum atomic E-state index is 15.4. The van der Waals surface area contributed by atoms with Crippen molar-refractivity contribution in [3.05, 3.63) is 120 Å². The molecule has 2 heterocycles. The molecule has 0 unspecified atom stereocenters. The van der Waals surface area contributed by atoms with E-state index in [-0.39, 0.29) is 153 Å². The fourth-order valence-corrected chi connectivity index (χ4v) is 12.2. The molecule has 4 aromatic rings. The first-order chi connectivity index (χ1) is 52.7. The Kier molecular flexibility index (Phi) is 36.0. The molecule has 4 aromatic carbocycles. The number of carbonyl (C=O) groups is 11. The molecule has 10 atom stereocenters. The van der Waals surface area contributed by atoms with Crippen LogP contribution in [0.3, 0.4) is 0 Å². The van der Waals surface area contributed by atoms with Gasteiger partial charge in [-0.15, -0.1) is 0 Å². The molecule has 2 aliphatic heterocycles. The largest absolute Gasteiger partial charge is 0.375 e. The van der Waals surface area contributed by atoms with E-state index in [0.29, 0.717) is 42.5 Å². The van der Waals surface area contributed by atoms with Crippen LogP contribution in [-0.2, 0) is 76.7 Å². The van der Waals surface area contributed by atoms with Gasteiger partial charge in [0, 0.05) is 90.9 Å². The van der Waals surface area contributed by atoms with Crippen LogP contribution in [0, 0.1) is 21.6 Å². The summed E-state index contributed by atoms with van der Waals surface area (Å²) < 4.78 is 13.3. The number of ether oxygens (including phenoxy) is 1. The molecule has 35 nitrogen and oxygen atoms in total. The van der Waals surface area contributed by atoms with Crippen molar-refractivity contribution in [3.8, 4) is 0 Å². The Hall–Kier alpha value is -11.7. The molecule has 2 fully saturated rings. The number of fused-ring (bicyclic) bond motifs is 1. The molecule has 35 heteroatoms. The van der Waals surface area contributed by atoms with Crippen molar-refractivity contribution in [2.45, 2.75) is 177 Å². The van der Waals surface area contributed by atoms with E-state index in [2.05, 4.69) is 74.4 Å². The fraction of sp³-hybridized carbons (Fsp3) is 0.500. The summed E-state index contributed by atoms with van der Waals surface area (Å²) in [6.07, 6.45) is -0.420. The minimum absolute atomic E-state index is 0.00833. The van der Waals surface area contributed by atoms with Gasteiger partial charge in [-0.2, -0.15) is 0 Å². The van der Waals surface area contributed by atoms with Gasteiger partial charge in [0.25, 0.3) is 0 Å². The third-order valence-electron chi connectivity index (χ3n) is 18.0. The summed E-state index contributed by atoms with van der Waals surface area (Å²) in [5, 5.41) is 71.2. The Morgan fingerprint density at radius 2 is 0.752 bits per heavy atom. The highest BCUT2D eigenvalue weighted by molar-refractivity contribution is 5.99. The first kappa shape index (κ1) is 84.6. The zero-order valence-corrected chi connectivity index (χ0v) is 61.6. The standard InChI is InChI=1S/C74H109N23O12/c1-46-45-97(39-40-109-46)62(100)32-38-84-60(98)27-9-4-12-33-83-61(99)31-30-56-67(105)94-57(42-47-17-5-2-6-18-47)69(107)95-58(43-48-19-7-3-8-20-48)70(108)96-59(44-49-28-29-50-21-10-11-22-51(50)41-49)68(106)92-55(26-16-37-88-74(81)82)65(103)90-53(24-14-35-86-72(77)78)63(101)89-52(23-13-34-85-71(75)76)64(102)91-54(66(104)93-56)25-15-36-87-73(79)80/h2-3,5-8,10-11,17-22,28-29,41,46,52-59H,4,9,12-16,23-27,30-40,42-45H2,1H3,(H,83,99)(H,84,98)(H,89,101)(H,90,103)(H,91,102)(H,92,106)(H,93,104)(H,94,105)(H,95,107)(H,96,108)(H4,75,76,85)(H4,77,78,86)(H4,79,80,87)(H4,81,82,88)/t46-,52+,53-,54-,55+,56+,57+,58-,59+/m1/s1/i40T/t40-,46+,52-,53+,54+,55-,56-,57-,58+,59-/m0. The molecular formula is C74H109N23O12. The molecule has 11 amide bonds. The molecule has 109 heavy (non-hydrogen) atoms. The van der Waals surface area contributed by atoms with Crippen LogP contribution in [0.2, 0.25) is 0 Å². The predicted molar refractivity (Wildman–Crippen MR) is 410 cm³/mol. The number of rotatable bonds is 34. The molecule has 0 radical (unpaired) electrons. The Bertz CT molecular complexity index is 3780. The number of morpholine rings is 1. The molecule has 592 valence electrons. The van der Waals surface area contributed by atoms with E-state index in [9.17, 15) is 24.0 Å². The number of guanidine groups is 4. The summed E-state index contributed by atoms with van der Waals surface area (Å²) in [5.74, 6) is -9.93. The number of nitrogens with one attached hydrogen (secondary N) is 18. The van der Waals surface area contributed by atoms with Crippen molar-refractivity contribution >= 4 is 99.6 Å². The number of carbonyl (C=O) groups excluding carboxylic acids is 11. The van der Waals surface area contributed by atoms with Crippen LogP contribution in [0.4, 0.5) is 0 Å². The first-order valence-corrected chi connectivity index (χ1v) is 36.9. The summed E-state index contributed by atoms with van der Waals surface area (Å²) in [7, 11) is 0. The number of amides is 11. The van der Waals surface area contributed by atoms with Crippen molar-refractivity contribution in [3.63, 3.8) is 0 Å². The maximum Gasteiger partial charge on any atom is 0.243 e. The van der Waals surface area contributed by atoms with Gasteiger partial charge < -0.3 is 107 Å². The topological polar surface area (TPSA) is 568 Å². The lowest BCUT2D eigenvalue weighted by atomic mass is 9.99. The van der Waals surface area contributed by atoms with Gasteiger partial charge in [-0.3, -0.25) is 74.4 Å². The Morgan fingerprint density at radius 1 is 0.404 bits per heavy atom. The average molecular weight is 1510 g/mol. The number of nitrogens with zero attached hydrogens (tertiary/aromatic N) is 1. The summed E-state index contributed by atoms with van der Waals surface area (Å²) in [6, 6.07) is 17.9. The SMILES string of the molecule is [3H][C@H]1CN(C(=O)CCNC(=O)CCCCCNC(=O)CC[C@@H]2NC(=O)[C@@H](CCCNC(=N)N)NC(=O)[C@H](CCCNC(=N)N)NC(=O)[C@@H](CCCNC(=N)N)NC(=O)[C@H](CCCNC(=N)N)NC(=O)[C@H](Cc3ccc4ccccc4c3)NC(=O)[C@@H](Cc3ccccc3)NC(=O)[C@H](Cc3ccccc3)NC2=O)C[C@@H](C)O1. The Labute approximate surface area is 635 Å². The first-order valence-electron chi connectivity index (χ1n) is 37.5. The maximum absolute atomic E-state index is 15.4. The number of nitrogens with two attached hydrogens (primary N) is 4. The highest BCUT2D eigenvalue weighted by Crippen LogP contribution is 2.19. The monoisotopic (exact) mass is 1510 g/mol. The molecule has 6 rings (SSSR count). The van der Waals surface area contributed by atoms with Gasteiger partial charge in [0.15, 0.2) is 23.8 Å². The van der Waals surface area contributed by atoms with Gasteiger partial charge in [-0.1, -0.05) is 110 Å². The highest BCUT2D eigenvalue weighted by Gasteiger charge is 2.37. The van der Waals surface area contributed by atoms with Crippen LogP contribution >= 0.6 is 0 Å². The van der Waals surface area contributed by atoms with E-state index in [1.807, 2.05) is 36.4 Å². The minimum atomic E-state index is -1.65. The molecule has 0 spiro atoms. The summed E-state index contributed by atoms with van der Waals surface area (Å²) in [6.45, 7) is 1.81. The van der Waals surface area contributed by atoms with Crippen molar-refractivity contribution in [2.75, 3.05) is 58.9 Å². The van der Waals surface area contributed by atoms with E-state index in [1.165, 1.54) is 0 Å². The van der Waals surface area contributed by atoms with Gasteiger partial charge >= 0.3 is 0 Å². The van der Waals surface area contributed by atoms with Crippen molar-refractivity contribution in [1.29, 1.82) is 21.6 Å². The zero-order valence-electron chi connectivity index (χ0n) is 62.6. The van der Waals surface area contributed by atoms with Crippen molar-refractivity contribution in [1.82, 2.24) is 79.3 Å². The van der Waals surface area contributed by atoms with Gasteiger partial charge in [0.05, 0.1) is 14.1 Å². The molecule has 0 saturated carbocycles. The highest BCUT2D eigenvalue weighted by atomic mass is 16.5. The third-order valence-corrected chi connectivity index (χ3v) is 18.0. The van der Waals surface area contributed by atoms with Gasteiger partial charge in [0.2, 0.25) is 65.0 Å². The minimum Gasteiger partial charge on any atom is -0.375 e. The number of hydrogen-bond acceptors (Lipinski definition) is 16. The molecule has 2 saturated heterocycles. The fourth-order valence-electron chi connectivity index (χ4n) is 12.2. The van der Waals surface area contributed by atoms with Gasteiger partial charge in [0.1, 0.15) is 48.3 Å². The third kappa shape index (κ3) is 32.5. The van der Waals surface area contributed by atoms with E-state index >= 15 is 28.8 Å². The van der Waals surface area contributed by atoms with Gasteiger partial charge in [-0.05, 0) is 105 Å². The zero-order chi connectivity index (χ0) is 79.9. The lowest BCUT2D eigenvalue weighted by Crippen LogP contribution is -2.62. The Balaban J connectivity index is 1.39. The lowest BCUT2D eigenvalue weighted by Gasteiger charge is -2.31.